The number of halogens is 1. The number of likely N-dealkylation sites (N-methyl/N-ethyl adjacent to an activating group) is 1. The van der Waals surface area contributed by atoms with E-state index in [1.54, 1.807) is 20.0 Å². The topological polar surface area (TPSA) is 68.5 Å². The van der Waals surface area contributed by atoms with Crippen molar-refractivity contribution in [2.24, 2.45) is 0 Å². The zero-order valence-corrected chi connectivity index (χ0v) is 17.9. The second kappa shape index (κ2) is 8.66. The molecule has 0 aliphatic rings. The van der Waals surface area contributed by atoms with Crippen molar-refractivity contribution in [3.05, 3.63) is 64.0 Å². The Morgan fingerprint density at radius 1 is 1.24 bits per heavy atom. The maximum atomic E-state index is 12.8. The highest BCUT2D eigenvalue weighted by Gasteiger charge is 2.22. The van der Waals surface area contributed by atoms with Gasteiger partial charge in [0.15, 0.2) is 6.10 Å². The third kappa shape index (κ3) is 4.77. The SMILES string of the molecule is Cc1cc(C)c(C)c(O[C@H](C)C(=O)N(C)Cc2nc(-c3ccccc3Cl)no2)c1. The van der Waals surface area contributed by atoms with Crippen LogP contribution in [0.3, 0.4) is 0 Å². The van der Waals surface area contributed by atoms with Crippen LogP contribution in [0, 0.1) is 20.8 Å². The van der Waals surface area contributed by atoms with Gasteiger partial charge in [-0.15, -0.1) is 0 Å². The summed E-state index contributed by atoms with van der Waals surface area (Å²) in [6, 6.07) is 11.3. The summed E-state index contributed by atoms with van der Waals surface area (Å²) in [5.41, 5.74) is 3.93. The lowest BCUT2D eigenvalue weighted by molar-refractivity contribution is -0.137. The highest BCUT2D eigenvalue weighted by Crippen LogP contribution is 2.26. The number of ether oxygens (including phenoxy) is 1. The van der Waals surface area contributed by atoms with Gasteiger partial charge in [-0.2, -0.15) is 4.98 Å². The predicted molar refractivity (Wildman–Crippen MR) is 112 cm³/mol. The number of benzene rings is 2. The molecule has 1 atom stereocenters. The number of carbonyl (C=O) groups excluding carboxylic acids is 1. The Labute approximate surface area is 175 Å². The van der Waals surface area contributed by atoms with E-state index >= 15 is 0 Å². The van der Waals surface area contributed by atoms with Crippen LogP contribution in [0.25, 0.3) is 11.4 Å². The molecule has 29 heavy (non-hydrogen) atoms. The summed E-state index contributed by atoms with van der Waals surface area (Å²) in [6.07, 6.45) is -0.647. The minimum absolute atomic E-state index is 0.176. The van der Waals surface area contributed by atoms with E-state index in [0.717, 1.165) is 22.4 Å². The highest BCUT2D eigenvalue weighted by molar-refractivity contribution is 6.33. The van der Waals surface area contributed by atoms with Crippen molar-refractivity contribution >= 4 is 17.5 Å². The van der Waals surface area contributed by atoms with Crippen molar-refractivity contribution in [2.75, 3.05) is 7.05 Å². The smallest absolute Gasteiger partial charge is 0.263 e. The summed E-state index contributed by atoms with van der Waals surface area (Å²) in [7, 11) is 1.68. The van der Waals surface area contributed by atoms with E-state index in [-0.39, 0.29) is 12.5 Å². The Hall–Kier alpha value is -2.86. The fraction of sp³-hybridized carbons (Fsp3) is 0.318. The van der Waals surface area contributed by atoms with Crippen molar-refractivity contribution in [3.63, 3.8) is 0 Å². The van der Waals surface area contributed by atoms with Crippen LogP contribution in [0.15, 0.2) is 40.9 Å². The molecule has 0 aliphatic heterocycles. The third-order valence-corrected chi connectivity index (χ3v) is 5.08. The van der Waals surface area contributed by atoms with Crippen LogP contribution < -0.4 is 4.74 Å². The molecule has 0 spiro atoms. The van der Waals surface area contributed by atoms with Gasteiger partial charge in [0.25, 0.3) is 5.91 Å². The minimum atomic E-state index is -0.647. The second-order valence-corrected chi connectivity index (χ2v) is 7.56. The number of aryl methyl sites for hydroxylation is 2. The number of hydrogen-bond acceptors (Lipinski definition) is 5. The maximum absolute atomic E-state index is 12.8. The van der Waals surface area contributed by atoms with Gasteiger partial charge >= 0.3 is 0 Å². The van der Waals surface area contributed by atoms with E-state index < -0.39 is 6.10 Å². The van der Waals surface area contributed by atoms with E-state index in [1.165, 1.54) is 4.90 Å². The first-order chi connectivity index (χ1) is 13.8. The minimum Gasteiger partial charge on any atom is -0.481 e. The second-order valence-electron chi connectivity index (χ2n) is 7.15. The van der Waals surface area contributed by atoms with Crippen LogP contribution in [0.4, 0.5) is 0 Å². The predicted octanol–water partition coefficient (Wildman–Crippen LogP) is 4.74. The summed E-state index contributed by atoms with van der Waals surface area (Å²) in [4.78, 5) is 18.6. The van der Waals surface area contributed by atoms with Crippen LogP contribution in [0.5, 0.6) is 5.75 Å². The first-order valence-electron chi connectivity index (χ1n) is 9.33. The molecule has 1 aromatic heterocycles. The molecule has 3 rings (SSSR count). The van der Waals surface area contributed by atoms with Crippen LogP contribution in [-0.4, -0.2) is 34.1 Å². The van der Waals surface area contributed by atoms with Crippen molar-refractivity contribution in [3.8, 4) is 17.1 Å². The molecule has 0 unspecified atom stereocenters. The Bertz CT molecular complexity index is 1030. The van der Waals surface area contributed by atoms with E-state index in [0.29, 0.717) is 22.3 Å². The molecular weight excluding hydrogens is 390 g/mol. The van der Waals surface area contributed by atoms with Crippen LogP contribution >= 0.6 is 11.6 Å². The van der Waals surface area contributed by atoms with Gasteiger partial charge < -0.3 is 14.2 Å². The molecule has 0 saturated heterocycles. The molecule has 0 radical (unpaired) electrons. The highest BCUT2D eigenvalue weighted by atomic mass is 35.5. The number of amides is 1. The molecule has 2 aromatic carbocycles. The molecule has 0 bridgehead atoms. The molecule has 3 aromatic rings. The fourth-order valence-electron chi connectivity index (χ4n) is 3.03. The van der Waals surface area contributed by atoms with Crippen molar-refractivity contribution in [1.29, 1.82) is 0 Å². The molecule has 7 heteroatoms. The molecule has 0 saturated carbocycles. The zero-order chi connectivity index (χ0) is 21.1. The monoisotopic (exact) mass is 413 g/mol. The van der Waals surface area contributed by atoms with E-state index in [4.69, 9.17) is 20.9 Å². The summed E-state index contributed by atoms with van der Waals surface area (Å²) >= 11 is 6.17. The number of aromatic nitrogens is 2. The lowest BCUT2D eigenvalue weighted by Crippen LogP contribution is -2.37. The number of carbonyl (C=O) groups is 1. The van der Waals surface area contributed by atoms with Crippen LogP contribution in [0.2, 0.25) is 5.02 Å². The molecule has 0 aliphatic carbocycles. The van der Waals surface area contributed by atoms with Crippen molar-refractivity contribution in [1.82, 2.24) is 15.0 Å². The Kier molecular flexibility index (Phi) is 6.23. The molecule has 0 fully saturated rings. The summed E-state index contributed by atoms with van der Waals surface area (Å²) in [6.45, 7) is 7.93. The zero-order valence-electron chi connectivity index (χ0n) is 17.2. The van der Waals surface area contributed by atoms with E-state index in [1.807, 2.05) is 45.0 Å². The molecule has 6 nitrogen and oxygen atoms in total. The number of nitrogens with zero attached hydrogens (tertiary/aromatic N) is 3. The summed E-state index contributed by atoms with van der Waals surface area (Å²) in [5.74, 6) is 1.25. The standard InChI is InChI=1S/C22H24ClN3O3/c1-13-10-14(2)15(3)19(11-13)28-16(4)22(27)26(5)12-20-24-21(25-29-20)17-8-6-7-9-18(17)23/h6-11,16H,12H2,1-5H3/t16-/m1/s1. The lowest BCUT2D eigenvalue weighted by atomic mass is 10.1. The Balaban J connectivity index is 1.67. The first kappa shape index (κ1) is 20.9. The van der Waals surface area contributed by atoms with Gasteiger partial charge in [-0.3, -0.25) is 4.79 Å². The first-order valence-corrected chi connectivity index (χ1v) is 9.71. The average molecular weight is 414 g/mol. The number of rotatable bonds is 6. The van der Waals surface area contributed by atoms with Gasteiger partial charge in [0.1, 0.15) is 5.75 Å². The van der Waals surface area contributed by atoms with Gasteiger partial charge in [-0.1, -0.05) is 35.0 Å². The van der Waals surface area contributed by atoms with Gasteiger partial charge in [-0.25, -0.2) is 0 Å². The summed E-state index contributed by atoms with van der Waals surface area (Å²) in [5, 5.41) is 4.50. The maximum Gasteiger partial charge on any atom is 0.263 e. The Morgan fingerprint density at radius 3 is 2.69 bits per heavy atom. The van der Waals surface area contributed by atoms with E-state index in [2.05, 4.69) is 16.2 Å². The molecular formula is C22H24ClN3O3. The van der Waals surface area contributed by atoms with Crippen molar-refractivity contribution < 1.29 is 14.1 Å². The number of hydrogen-bond donors (Lipinski definition) is 0. The van der Waals surface area contributed by atoms with Gasteiger partial charge in [-0.05, 0) is 62.6 Å². The Morgan fingerprint density at radius 2 is 1.97 bits per heavy atom. The van der Waals surface area contributed by atoms with Crippen LogP contribution in [-0.2, 0) is 11.3 Å². The third-order valence-electron chi connectivity index (χ3n) is 4.75. The van der Waals surface area contributed by atoms with E-state index in [9.17, 15) is 4.79 Å². The molecule has 1 heterocycles. The van der Waals surface area contributed by atoms with Gasteiger partial charge in [0.05, 0.1) is 11.6 Å². The average Bonchev–Trinajstić information content (AvgIpc) is 3.13. The molecule has 152 valence electrons. The van der Waals surface area contributed by atoms with Crippen LogP contribution in [0.1, 0.15) is 29.5 Å². The summed E-state index contributed by atoms with van der Waals surface area (Å²) < 4.78 is 11.2. The molecule has 0 N–H and O–H groups in total. The lowest BCUT2D eigenvalue weighted by Gasteiger charge is -2.22. The molecule has 1 amide bonds. The fourth-order valence-corrected chi connectivity index (χ4v) is 3.25. The normalized spacial score (nSPS) is 11.9. The quantitative estimate of drug-likeness (QED) is 0.583. The van der Waals surface area contributed by atoms with Gasteiger partial charge in [0, 0.05) is 12.6 Å². The largest absolute Gasteiger partial charge is 0.481 e. The van der Waals surface area contributed by atoms with Gasteiger partial charge in [0.2, 0.25) is 11.7 Å². The van der Waals surface area contributed by atoms with Crippen molar-refractivity contribution in [2.45, 2.75) is 40.3 Å².